The van der Waals surface area contributed by atoms with E-state index in [0.717, 1.165) is 12.8 Å². The van der Waals surface area contributed by atoms with Crippen LogP contribution in [0.25, 0.3) is 0 Å². The molecule has 1 aliphatic rings. The van der Waals surface area contributed by atoms with Crippen LogP contribution in [0.4, 0.5) is 6.01 Å². The molecule has 0 aromatic carbocycles. The van der Waals surface area contributed by atoms with Crippen LogP contribution < -0.4 is 5.43 Å². The van der Waals surface area contributed by atoms with Gasteiger partial charge in [-0.1, -0.05) is 6.42 Å². The number of hydrogen-bond donors (Lipinski definition) is 1. The summed E-state index contributed by atoms with van der Waals surface area (Å²) in [5, 5.41) is 2.13. The van der Waals surface area contributed by atoms with E-state index in [1.165, 1.54) is 12.7 Å². The zero-order chi connectivity index (χ0) is 13.8. The molecule has 106 valence electrons. The second-order valence-electron chi connectivity index (χ2n) is 4.91. The minimum absolute atomic E-state index is 0.196. The molecular formula is C13H21N3O3. The summed E-state index contributed by atoms with van der Waals surface area (Å²) in [6.45, 7) is 6.42. The lowest BCUT2D eigenvalue weighted by Gasteiger charge is -2.38. The molecule has 0 aliphatic carbocycles. The van der Waals surface area contributed by atoms with Crippen molar-refractivity contribution >= 4 is 12.0 Å². The number of ether oxygens (including phenoxy) is 1. The van der Waals surface area contributed by atoms with E-state index in [4.69, 9.17) is 9.15 Å². The Morgan fingerprint density at radius 1 is 1.53 bits per heavy atom. The lowest BCUT2D eigenvalue weighted by atomic mass is 10.00. The Hall–Kier alpha value is -1.56. The smallest absolute Gasteiger partial charge is 0.360 e. The summed E-state index contributed by atoms with van der Waals surface area (Å²) >= 11 is 0. The SMILES string of the molecule is CCOC(=O)c1coc(NN2C(C)CCCC2C)n1. The van der Waals surface area contributed by atoms with Crippen LogP contribution in [0.15, 0.2) is 10.7 Å². The fraction of sp³-hybridized carbons (Fsp3) is 0.692. The Morgan fingerprint density at radius 3 is 2.84 bits per heavy atom. The van der Waals surface area contributed by atoms with Gasteiger partial charge in [-0.3, -0.25) is 5.43 Å². The van der Waals surface area contributed by atoms with E-state index < -0.39 is 5.97 Å². The van der Waals surface area contributed by atoms with E-state index in [-0.39, 0.29) is 5.69 Å². The van der Waals surface area contributed by atoms with Crippen LogP contribution in [0.2, 0.25) is 0 Å². The van der Waals surface area contributed by atoms with Gasteiger partial charge in [0.15, 0.2) is 5.69 Å². The first-order valence-electron chi connectivity index (χ1n) is 6.79. The highest BCUT2D eigenvalue weighted by Crippen LogP contribution is 2.23. The first-order valence-corrected chi connectivity index (χ1v) is 6.79. The fourth-order valence-corrected chi connectivity index (χ4v) is 2.38. The highest BCUT2D eigenvalue weighted by molar-refractivity contribution is 5.87. The van der Waals surface area contributed by atoms with Crippen LogP contribution in [0.1, 0.15) is 50.5 Å². The van der Waals surface area contributed by atoms with Crippen molar-refractivity contribution < 1.29 is 13.9 Å². The van der Waals surface area contributed by atoms with Crippen molar-refractivity contribution in [2.75, 3.05) is 12.0 Å². The van der Waals surface area contributed by atoms with Gasteiger partial charge in [0.25, 0.3) is 0 Å². The molecule has 1 N–H and O–H groups in total. The number of hydrazine groups is 1. The van der Waals surface area contributed by atoms with Gasteiger partial charge in [-0.15, -0.1) is 0 Å². The van der Waals surface area contributed by atoms with Crippen molar-refractivity contribution in [3.8, 4) is 0 Å². The summed E-state index contributed by atoms with van der Waals surface area (Å²) in [6, 6.07) is 1.17. The highest BCUT2D eigenvalue weighted by atomic mass is 16.5. The third-order valence-corrected chi connectivity index (χ3v) is 3.41. The van der Waals surface area contributed by atoms with Crippen LogP contribution in [-0.4, -0.2) is 34.7 Å². The number of anilines is 1. The first-order chi connectivity index (χ1) is 9.11. The molecule has 1 aromatic rings. The van der Waals surface area contributed by atoms with Gasteiger partial charge < -0.3 is 9.15 Å². The zero-order valence-corrected chi connectivity index (χ0v) is 11.7. The average Bonchev–Trinajstić information content (AvgIpc) is 2.83. The molecule has 1 aliphatic heterocycles. The molecular weight excluding hydrogens is 246 g/mol. The Labute approximate surface area is 113 Å². The molecule has 2 unspecified atom stereocenters. The molecule has 6 heteroatoms. The van der Waals surface area contributed by atoms with Crippen molar-refractivity contribution in [2.45, 2.75) is 52.1 Å². The predicted octanol–water partition coefficient (Wildman–Crippen LogP) is 2.44. The van der Waals surface area contributed by atoms with Crippen molar-refractivity contribution in [3.05, 3.63) is 12.0 Å². The summed E-state index contributed by atoms with van der Waals surface area (Å²) in [5.74, 6) is -0.459. The predicted molar refractivity (Wildman–Crippen MR) is 70.7 cm³/mol. The van der Waals surface area contributed by atoms with Gasteiger partial charge in [-0.25, -0.2) is 9.80 Å². The van der Waals surface area contributed by atoms with E-state index >= 15 is 0 Å². The van der Waals surface area contributed by atoms with Crippen molar-refractivity contribution in [1.82, 2.24) is 9.99 Å². The topological polar surface area (TPSA) is 67.6 Å². The number of rotatable bonds is 4. The van der Waals surface area contributed by atoms with Crippen molar-refractivity contribution in [2.24, 2.45) is 0 Å². The molecule has 0 saturated carbocycles. The summed E-state index contributed by atoms with van der Waals surface area (Å²) in [6.07, 6.45) is 4.84. The van der Waals surface area contributed by atoms with Crippen LogP contribution in [0, 0.1) is 0 Å². The van der Waals surface area contributed by atoms with Crippen LogP contribution in [0.5, 0.6) is 0 Å². The Balaban J connectivity index is 2.01. The largest absolute Gasteiger partial charge is 0.461 e. The minimum atomic E-state index is -0.459. The Kier molecular flexibility index (Phi) is 4.42. The molecule has 1 aromatic heterocycles. The number of piperidine rings is 1. The third kappa shape index (κ3) is 3.26. The fourth-order valence-electron chi connectivity index (χ4n) is 2.38. The lowest BCUT2D eigenvalue weighted by molar-refractivity contribution is 0.0519. The summed E-state index contributed by atoms with van der Waals surface area (Å²) in [4.78, 5) is 15.6. The number of esters is 1. The van der Waals surface area contributed by atoms with E-state index in [2.05, 4.69) is 29.3 Å². The van der Waals surface area contributed by atoms with Gasteiger partial charge >= 0.3 is 12.0 Å². The maximum atomic E-state index is 11.5. The first kappa shape index (κ1) is 13.9. The van der Waals surface area contributed by atoms with Crippen molar-refractivity contribution in [1.29, 1.82) is 0 Å². The molecule has 0 amide bonds. The Morgan fingerprint density at radius 2 is 2.21 bits per heavy atom. The monoisotopic (exact) mass is 267 g/mol. The number of carbonyl (C=O) groups excluding carboxylic acids is 1. The van der Waals surface area contributed by atoms with Gasteiger partial charge in [-0.2, -0.15) is 4.98 Å². The summed E-state index contributed by atoms with van der Waals surface area (Å²) in [7, 11) is 0. The molecule has 2 atom stereocenters. The molecule has 2 heterocycles. The maximum absolute atomic E-state index is 11.5. The zero-order valence-electron chi connectivity index (χ0n) is 11.7. The van der Waals surface area contributed by atoms with E-state index in [9.17, 15) is 4.79 Å². The molecule has 6 nitrogen and oxygen atoms in total. The second kappa shape index (κ2) is 6.06. The lowest BCUT2D eigenvalue weighted by Crippen LogP contribution is -2.47. The maximum Gasteiger partial charge on any atom is 0.360 e. The molecule has 1 saturated heterocycles. The van der Waals surface area contributed by atoms with E-state index in [1.807, 2.05) is 0 Å². The minimum Gasteiger partial charge on any atom is -0.461 e. The van der Waals surface area contributed by atoms with E-state index in [1.54, 1.807) is 6.92 Å². The molecule has 0 radical (unpaired) electrons. The number of hydrogen-bond acceptors (Lipinski definition) is 6. The van der Waals surface area contributed by atoms with Gasteiger partial charge in [0, 0.05) is 12.1 Å². The number of nitrogens with zero attached hydrogens (tertiary/aromatic N) is 2. The van der Waals surface area contributed by atoms with Gasteiger partial charge in [0.1, 0.15) is 6.26 Å². The van der Waals surface area contributed by atoms with Crippen LogP contribution >= 0.6 is 0 Å². The number of oxazole rings is 1. The van der Waals surface area contributed by atoms with Gasteiger partial charge in [0.05, 0.1) is 6.61 Å². The highest BCUT2D eigenvalue weighted by Gasteiger charge is 2.26. The second-order valence-corrected chi connectivity index (χ2v) is 4.91. The summed E-state index contributed by atoms with van der Waals surface area (Å²) in [5.41, 5.74) is 3.34. The molecule has 19 heavy (non-hydrogen) atoms. The van der Waals surface area contributed by atoms with E-state index in [0.29, 0.717) is 24.7 Å². The van der Waals surface area contributed by atoms with Gasteiger partial charge in [-0.05, 0) is 33.6 Å². The average molecular weight is 267 g/mol. The standard InChI is InChI=1S/C13H21N3O3/c1-4-18-12(17)11-8-19-13(14-11)15-16-9(2)6-5-7-10(16)3/h8-10H,4-7H2,1-3H3,(H,14,15). The van der Waals surface area contributed by atoms with Crippen LogP contribution in [0.3, 0.4) is 0 Å². The number of nitrogens with one attached hydrogen (secondary N) is 1. The number of aromatic nitrogens is 1. The van der Waals surface area contributed by atoms with Gasteiger partial charge in [0.2, 0.25) is 0 Å². The van der Waals surface area contributed by atoms with Crippen LogP contribution in [-0.2, 0) is 4.74 Å². The molecule has 0 bridgehead atoms. The normalized spacial score (nSPS) is 24.2. The number of carbonyl (C=O) groups is 1. The third-order valence-electron chi connectivity index (χ3n) is 3.41. The quantitative estimate of drug-likeness (QED) is 0.845. The van der Waals surface area contributed by atoms with Crippen molar-refractivity contribution in [3.63, 3.8) is 0 Å². The summed E-state index contributed by atoms with van der Waals surface area (Å²) < 4.78 is 10.1. The molecule has 2 rings (SSSR count). The molecule has 1 fully saturated rings. The molecule has 0 spiro atoms. The Bertz CT molecular complexity index is 423.